The van der Waals surface area contributed by atoms with Gasteiger partial charge in [-0.2, -0.15) is 0 Å². The maximum Gasteiger partial charge on any atom is 0.161 e. The standard InChI is InChI=1S/C16H18N4S/c1-11(2)8-17-10-13-3-5-18-16(20-13)12-7-15-14(19-9-12)4-6-21-15/h3-7,9,11,17H,8,10H2,1-2H3. The third kappa shape index (κ3) is 3.43. The van der Waals surface area contributed by atoms with E-state index in [1.807, 2.05) is 24.5 Å². The molecule has 1 N–H and O–H groups in total. The van der Waals surface area contributed by atoms with Crippen LogP contribution in [0.2, 0.25) is 0 Å². The second-order valence-electron chi connectivity index (χ2n) is 5.42. The first-order chi connectivity index (χ1) is 10.2. The Balaban J connectivity index is 1.81. The van der Waals surface area contributed by atoms with Gasteiger partial charge in [-0.3, -0.25) is 4.98 Å². The summed E-state index contributed by atoms with van der Waals surface area (Å²) in [6, 6.07) is 6.08. The monoisotopic (exact) mass is 298 g/mol. The fraction of sp³-hybridized carbons (Fsp3) is 0.312. The zero-order valence-corrected chi connectivity index (χ0v) is 13.0. The Labute approximate surface area is 128 Å². The minimum absolute atomic E-state index is 0.636. The van der Waals surface area contributed by atoms with Gasteiger partial charge in [-0.1, -0.05) is 13.8 Å². The van der Waals surface area contributed by atoms with Gasteiger partial charge in [0.2, 0.25) is 0 Å². The number of pyridine rings is 1. The van der Waals surface area contributed by atoms with Gasteiger partial charge in [-0.25, -0.2) is 9.97 Å². The summed E-state index contributed by atoms with van der Waals surface area (Å²) in [5.74, 6) is 1.37. The Kier molecular flexibility index (Phi) is 4.22. The van der Waals surface area contributed by atoms with Gasteiger partial charge in [0, 0.05) is 24.5 Å². The molecular weight excluding hydrogens is 280 g/mol. The molecule has 0 bridgehead atoms. The van der Waals surface area contributed by atoms with Crippen molar-refractivity contribution in [1.82, 2.24) is 20.3 Å². The fourth-order valence-corrected chi connectivity index (χ4v) is 2.87. The molecule has 0 unspecified atom stereocenters. The number of fused-ring (bicyclic) bond motifs is 1. The van der Waals surface area contributed by atoms with Crippen molar-refractivity contribution in [2.45, 2.75) is 20.4 Å². The summed E-state index contributed by atoms with van der Waals surface area (Å²) in [7, 11) is 0. The van der Waals surface area contributed by atoms with Crippen molar-refractivity contribution < 1.29 is 0 Å². The minimum atomic E-state index is 0.636. The highest BCUT2D eigenvalue weighted by Gasteiger charge is 2.06. The molecule has 3 aromatic heterocycles. The van der Waals surface area contributed by atoms with Crippen molar-refractivity contribution in [2.75, 3.05) is 6.54 Å². The van der Waals surface area contributed by atoms with Crippen molar-refractivity contribution >= 4 is 21.6 Å². The molecule has 0 fully saturated rings. The van der Waals surface area contributed by atoms with Gasteiger partial charge in [-0.15, -0.1) is 11.3 Å². The van der Waals surface area contributed by atoms with Gasteiger partial charge >= 0.3 is 0 Å². The third-order valence-corrected chi connectivity index (χ3v) is 3.99. The molecule has 4 nitrogen and oxygen atoms in total. The van der Waals surface area contributed by atoms with E-state index in [-0.39, 0.29) is 0 Å². The molecule has 0 aromatic carbocycles. The van der Waals surface area contributed by atoms with Crippen LogP contribution in [0.1, 0.15) is 19.5 Å². The van der Waals surface area contributed by atoms with E-state index >= 15 is 0 Å². The van der Waals surface area contributed by atoms with E-state index in [1.165, 1.54) is 4.70 Å². The normalized spacial score (nSPS) is 11.4. The average Bonchev–Trinajstić information content (AvgIpc) is 2.94. The number of nitrogens with zero attached hydrogens (tertiary/aromatic N) is 3. The lowest BCUT2D eigenvalue weighted by molar-refractivity contribution is 0.548. The van der Waals surface area contributed by atoms with Gasteiger partial charge in [-0.05, 0) is 36.0 Å². The van der Waals surface area contributed by atoms with Gasteiger partial charge in [0.1, 0.15) is 0 Å². The lowest BCUT2D eigenvalue weighted by atomic mass is 10.2. The van der Waals surface area contributed by atoms with Crippen LogP contribution in [0.15, 0.2) is 36.0 Å². The van der Waals surface area contributed by atoms with E-state index in [0.717, 1.165) is 35.7 Å². The highest BCUT2D eigenvalue weighted by molar-refractivity contribution is 7.17. The molecule has 0 aliphatic rings. The van der Waals surface area contributed by atoms with Gasteiger partial charge < -0.3 is 5.32 Å². The smallest absolute Gasteiger partial charge is 0.161 e. The maximum atomic E-state index is 4.62. The highest BCUT2D eigenvalue weighted by Crippen LogP contribution is 2.23. The van der Waals surface area contributed by atoms with Crippen molar-refractivity contribution in [3.63, 3.8) is 0 Å². The van der Waals surface area contributed by atoms with Crippen LogP contribution < -0.4 is 5.32 Å². The van der Waals surface area contributed by atoms with E-state index < -0.39 is 0 Å². The number of nitrogens with one attached hydrogen (secondary N) is 1. The van der Waals surface area contributed by atoms with Crippen molar-refractivity contribution in [3.05, 3.63) is 41.7 Å². The van der Waals surface area contributed by atoms with Crippen LogP contribution in [0, 0.1) is 5.92 Å². The predicted molar refractivity (Wildman–Crippen MR) is 87.2 cm³/mol. The first-order valence-electron chi connectivity index (χ1n) is 7.08. The number of thiophene rings is 1. The van der Waals surface area contributed by atoms with Crippen molar-refractivity contribution in [3.8, 4) is 11.4 Å². The largest absolute Gasteiger partial charge is 0.311 e. The van der Waals surface area contributed by atoms with Gasteiger partial charge in [0.05, 0.1) is 15.9 Å². The van der Waals surface area contributed by atoms with Crippen LogP contribution in [0.3, 0.4) is 0 Å². The predicted octanol–water partition coefficient (Wildman–Crippen LogP) is 3.50. The third-order valence-electron chi connectivity index (χ3n) is 3.13. The van der Waals surface area contributed by atoms with Crippen molar-refractivity contribution in [2.24, 2.45) is 5.92 Å². The summed E-state index contributed by atoms with van der Waals surface area (Å²) in [5, 5.41) is 5.45. The molecule has 0 aliphatic heterocycles. The Morgan fingerprint density at radius 1 is 1.24 bits per heavy atom. The summed E-state index contributed by atoms with van der Waals surface area (Å²) < 4.78 is 1.17. The van der Waals surface area contributed by atoms with Crippen LogP contribution in [0.5, 0.6) is 0 Å². The molecule has 5 heteroatoms. The number of rotatable bonds is 5. The molecule has 0 saturated carbocycles. The first-order valence-corrected chi connectivity index (χ1v) is 7.96. The molecule has 3 rings (SSSR count). The second-order valence-corrected chi connectivity index (χ2v) is 6.37. The Morgan fingerprint density at radius 2 is 2.14 bits per heavy atom. The zero-order chi connectivity index (χ0) is 14.7. The average molecular weight is 298 g/mol. The number of hydrogen-bond acceptors (Lipinski definition) is 5. The summed E-state index contributed by atoms with van der Waals surface area (Å²) >= 11 is 1.69. The molecule has 0 amide bonds. The second kappa shape index (κ2) is 6.28. The van der Waals surface area contributed by atoms with Crippen LogP contribution in [0.25, 0.3) is 21.6 Å². The first kappa shape index (κ1) is 14.1. The summed E-state index contributed by atoms with van der Waals surface area (Å²) in [6.45, 7) is 6.14. The van der Waals surface area contributed by atoms with E-state index in [4.69, 9.17) is 0 Å². The molecule has 0 aliphatic carbocycles. The maximum absolute atomic E-state index is 4.62. The molecule has 0 spiro atoms. The number of aromatic nitrogens is 3. The highest BCUT2D eigenvalue weighted by atomic mass is 32.1. The molecule has 108 valence electrons. The lowest BCUT2D eigenvalue weighted by Gasteiger charge is -2.07. The molecule has 3 aromatic rings. The Morgan fingerprint density at radius 3 is 3.00 bits per heavy atom. The SMILES string of the molecule is CC(C)CNCc1ccnc(-c2cnc3ccsc3c2)n1. The van der Waals surface area contributed by atoms with E-state index in [1.54, 1.807) is 11.3 Å². The van der Waals surface area contributed by atoms with Crippen LogP contribution in [-0.4, -0.2) is 21.5 Å². The quantitative estimate of drug-likeness (QED) is 0.783. The topological polar surface area (TPSA) is 50.7 Å². The van der Waals surface area contributed by atoms with Gasteiger partial charge in [0.15, 0.2) is 5.82 Å². The zero-order valence-electron chi connectivity index (χ0n) is 12.2. The molecular formula is C16H18N4S. The van der Waals surface area contributed by atoms with E-state index in [0.29, 0.717) is 5.92 Å². The lowest BCUT2D eigenvalue weighted by Crippen LogP contribution is -2.19. The Hall–Kier alpha value is -1.85. The molecule has 0 radical (unpaired) electrons. The van der Waals surface area contributed by atoms with E-state index in [2.05, 4.69) is 45.6 Å². The Bertz CT molecular complexity index is 736. The summed E-state index contributed by atoms with van der Waals surface area (Å²) in [4.78, 5) is 13.4. The summed E-state index contributed by atoms with van der Waals surface area (Å²) in [6.07, 6.45) is 3.66. The molecule has 0 atom stereocenters. The minimum Gasteiger partial charge on any atom is -0.311 e. The van der Waals surface area contributed by atoms with Crippen LogP contribution >= 0.6 is 11.3 Å². The van der Waals surface area contributed by atoms with Crippen molar-refractivity contribution in [1.29, 1.82) is 0 Å². The van der Waals surface area contributed by atoms with Crippen LogP contribution in [0.4, 0.5) is 0 Å². The van der Waals surface area contributed by atoms with Gasteiger partial charge in [0.25, 0.3) is 0 Å². The van der Waals surface area contributed by atoms with E-state index in [9.17, 15) is 0 Å². The summed E-state index contributed by atoms with van der Waals surface area (Å²) in [5.41, 5.74) is 3.00. The molecule has 21 heavy (non-hydrogen) atoms. The molecule has 3 heterocycles. The number of hydrogen-bond donors (Lipinski definition) is 1. The van der Waals surface area contributed by atoms with Crippen LogP contribution in [-0.2, 0) is 6.54 Å². The molecule has 0 saturated heterocycles. The fourth-order valence-electron chi connectivity index (χ4n) is 2.09.